The lowest BCUT2D eigenvalue weighted by Crippen LogP contribution is -2.48. The normalized spacial score (nSPS) is 14.9. The zero-order chi connectivity index (χ0) is 22.4. The molecule has 0 radical (unpaired) electrons. The van der Waals surface area contributed by atoms with Gasteiger partial charge in [-0.3, -0.25) is 24.6 Å². The topological polar surface area (TPSA) is 122 Å². The van der Waals surface area contributed by atoms with Crippen LogP contribution in [-0.2, 0) is 14.3 Å². The highest BCUT2D eigenvalue weighted by atomic mass is 16.5. The zero-order valence-corrected chi connectivity index (χ0v) is 17.6. The molecule has 1 aliphatic heterocycles. The van der Waals surface area contributed by atoms with Gasteiger partial charge in [0.2, 0.25) is 0 Å². The summed E-state index contributed by atoms with van der Waals surface area (Å²) in [7, 11) is 0. The Kier molecular flexibility index (Phi) is 7.68. The van der Waals surface area contributed by atoms with Crippen molar-refractivity contribution in [3.63, 3.8) is 0 Å². The number of carbonyl (C=O) groups is 5. The summed E-state index contributed by atoms with van der Waals surface area (Å²) >= 11 is 0. The van der Waals surface area contributed by atoms with Gasteiger partial charge in [0.15, 0.2) is 6.61 Å². The first-order chi connectivity index (χ1) is 14.1. The molecule has 1 aromatic carbocycles. The van der Waals surface area contributed by atoms with Crippen LogP contribution < -0.4 is 10.6 Å². The number of nitrogens with zero attached hydrogens (tertiary/aromatic N) is 1. The van der Waals surface area contributed by atoms with Crippen molar-refractivity contribution in [3.8, 4) is 0 Å². The maximum absolute atomic E-state index is 12.7. The van der Waals surface area contributed by atoms with Crippen molar-refractivity contribution >= 4 is 29.7 Å². The molecule has 0 aliphatic carbocycles. The van der Waals surface area contributed by atoms with Crippen molar-refractivity contribution in [2.24, 2.45) is 5.92 Å². The SMILES string of the molecule is CC[C@H](C)NC(=O)NC(=O)COC(=O)[C@H](CC(C)C)N1C(=O)c2ccccc2C1=O. The number of urea groups is 1. The highest BCUT2D eigenvalue weighted by Crippen LogP contribution is 2.27. The lowest BCUT2D eigenvalue weighted by molar-refractivity contribution is -0.152. The van der Waals surface area contributed by atoms with Crippen LogP contribution in [0.2, 0.25) is 0 Å². The summed E-state index contributed by atoms with van der Waals surface area (Å²) in [5, 5.41) is 4.62. The van der Waals surface area contributed by atoms with E-state index < -0.39 is 42.4 Å². The maximum atomic E-state index is 12.7. The number of nitrogens with one attached hydrogen (secondary N) is 2. The van der Waals surface area contributed by atoms with Crippen LogP contribution in [0, 0.1) is 5.92 Å². The number of carbonyl (C=O) groups excluding carboxylic acids is 5. The van der Waals surface area contributed by atoms with Gasteiger partial charge < -0.3 is 10.1 Å². The number of hydrogen-bond acceptors (Lipinski definition) is 6. The van der Waals surface area contributed by atoms with Gasteiger partial charge in [-0.1, -0.05) is 32.9 Å². The van der Waals surface area contributed by atoms with Gasteiger partial charge in [-0.05, 0) is 37.8 Å². The Balaban J connectivity index is 2.05. The second kappa shape index (κ2) is 10.00. The van der Waals surface area contributed by atoms with E-state index in [1.807, 2.05) is 20.8 Å². The molecular weight excluding hydrogens is 390 g/mol. The Morgan fingerprint density at radius 3 is 2.10 bits per heavy atom. The summed E-state index contributed by atoms with van der Waals surface area (Å²) in [4.78, 5) is 62.6. The van der Waals surface area contributed by atoms with Crippen molar-refractivity contribution in [3.05, 3.63) is 35.4 Å². The average molecular weight is 417 g/mol. The number of benzene rings is 1. The van der Waals surface area contributed by atoms with E-state index in [2.05, 4.69) is 10.6 Å². The summed E-state index contributed by atoms with van der Waals surface area (Å²) in [6.07, 6.45) is 0.869. The maximum Gasteiger partial charge on any atom is 0.329 e. The zero-order valence-electron chi connectivity index (χ0n) is 17.6. The van der Waals surface area contributed by atoms with Gasteiger partial charge in [0.25, 0.3) is 17.7 Å². The summed E-state index contributed by atoms with van der Waals surface area (Å²) in [6, 6.07) is 4.34. The molecule has 0 aromatic heterocycles. The Hall–Kier alpha value is -3.23. The number of rotatable bonds is 8. The molecule has 5 amide bonds. The van der Waals surface area contributed by atoms with Gasteiger partial charge in [-0.15, -0.1) is 0 Å². The van der Waals surface area contributed by atoms with Gasteiger partial charge >= 0.3 is 12.0 Å². The molecule has 2 N–H and O–H groups in total. The van der Waals surface area contributed by atoms with E-state index in [0.717, 1.165) is 4.90 Å². The van der Waals surface area contributed by atoms with Crippen LogP contribution in [0.1, 0.15) is 61.3 Å². The highest BCUT2D eigenvalue weighted by molar-refractivity contribution is 6.22. The van der Waals surface area contributed by atoms with Gasteiger partial charge in [0.05, 0.1) is 11.1 Å². The van der Waals surface area contributed by atoms with Gasteiger partial charge in [-0.2, -0.15) is 0 Å². The standard InChI is InChI=1S/C21H27N3O6/c1-5-13(4)22-21(29)23-17(25)11-30-20(28)16(10-12(2)3)24-18(26)14-8-6-7-9-15(14)19(24)27/h6-9,12-13,16H,5,10-11H2,1-4H3,(H2,22,23,25,29)/t13-,16-/m0/s1. The lowest BCUT2D eigenvalue weighted by atomic mass is 10.0. The van der Waals surface area contributed by atoms with E-state index in [9.17, 15) is 24.0 Å². The summed E-state index contributed by atoms with van der Waals surface area (Å²) in [5.74, 6) is -2.86. The van der Waals surface area contributed by atoms with Crippen LogP contribution >= 0.6 is 0 Å². The van der Waals surface area contributed by atoms with Crippen LogP contribution in [-0.4, -0.2) is 53.3 Å². The predicted octanol–water partition coefficient (Wildman–Crippen LogP) is 1.86. The molecule has 30 heavy (non-hydrogen) atoms. The van der Waals surface area contributed by atoms with Crippen LogP contribution in [0.3, 0.4) is 0 Å². The Bertz CT molecular complexity index is 816. The quantitative estimate of drug-likeness (QED) is 0.492. The molecule has 1 aromatic rings. The number of hydrogen-bond donors (Lipinski definition) is 2. The van der Waals surface area contributed by atoms with Gasteiger partial charge in [-0.25, -0.2) is 9.59 Å². The molecule has 0 spiro atoms. The Morgan fingerprint density at radius 1 is 1.03 bits per heavy atom. The molecule has 0 saturated heterocycles. The highest BCUT2D eigenvalue weighted by Gasteiger charge is 2.43. The fourth-order valence-corrected chi connectivity index (χ4v) is 3.00. The minimum atomic E-state index is -1.17. The molecule has 1 aliphatic rings. The number of fused-ring (bicyclic) bond motifs is 1. The largest absolute Gasteiger partial charge is 0.454 e. The first-order valence-corrected chi connectivity index (χ1v) is 9.89. The van der Waals surface area contributed by atoms with E-state index in [1.54, 1.807) is 19.1 Å². The van der Waals surface area contributed by atoms with Gasteiger partial charge in [0.1, 0.15) is 6.04 Å². The van der Waals surface area contributed by atoms with Crippen molar-refractivity contribution in [1.82, 2.24) is 15.5 Å². The molecule has 0 saturated carbocycles. The number of imide groups is 2. The van der Waals surface area contributed by atoms with Crippen molar-refractivity contribution < 1.29 is 28.7 Å². The molecular formula is C21H27N3O6. The van der Waals surface area contributed by atoms with Crippen molar-refractivity contribution in [2.45, 2.75) is 52.6 Å². The second-order valence-corrected chi connectivity index (χ2v) is 7.61. The third-order valence-electron chi connectivity index (χ3n) is 4.69. The minimum absolute atomic E-state index is 0.0259. The number of ether oxygens (including phenoxy) is 1. The molecule has 1 heterocycles. The second-order valence-electron chi connectivity index (χ2n) is 7.61. The molecule has 162 valence electrons. The molecule has 2 atom stereocenters. The summed E-state index contributed by atoms with van der Waals surface area (Å²) in [6.45, 7) is 6.63. The molecule has 2 rings (SSSR count). The number of esters is 1. The third-order valence-corrected chi connectivity index (χ3v) is 4.69. The summed E-state index contributed by atoms with van der Waals surface area (Å²) in [5.41, 5.74) is 0.451. The fraction of sp³-hybridized carbons (Fsp3) is 0.476. The van der Waals surface area contributed by atoms with Gasteiger partial charge in [0, 0.05) is 6.04 Å². The average Bonchev–Trinajstić information content (AvgIpc) is 2.94. The van der Waals surface area contributed by atoms with E-state index in [1.165, 1.54) is 12.1 Å². The fourth-order valence-electron chi connectivity index (χ4n) is 3.00. The van der Waals surface area contributed by atoms with E-state index in [4.69, 9.17) is 4.74 Å². The van der Waals surface area contributed by atoms with Crippen LogP contribution in [0.15, 0.2) is 24.3 Å². The smallest absolute Gasteiger partial charge is 0.329 e. The van der Waals surface area contributed by atoms with Crippen molar-refractivity contribution in [1.29, 1.82) is 0 Å². The monoisotopic (exact) mass is 417 g/mol. The minimum Gasteiger partial charge on any atom is -0.454 e. The summed E-state index contributed by atoms with van der Waals surface area (Å²) < 4.78 is 5.03. The molecule has 0 bridgehead atoms. The molecule has 9 heteroatoms. The van der Waals surface area contributed by atoms with Crippen molar-refractivity contribution in [2.75, 3.05) is 6.61 Å². The van der Waals surface area contributed by atoms with Crippen LogP contribution in [0.5, 0.6) is 0 Å². The third kappa shape index (κ3) is 5.43. The first kappa shape index (κ1) is 23.1. The van der Waals surface area contributed by atoms with E-state index >= 15 is 0 Å². The molecule has 0 fully saturated rings. The van der Waals surface area contributed by atoms with Crippen LogP contribution in [0.4, 0.5) is 4.79 Å². The predicted molar refractivity (Wildman–Crippen MR) is 108 cm³/mol. The van der Waals surface area contributed by atoms with E-state index in [-0.39, 0.29) is 29.5 Å². The van der Waals surface area contributed by atoms with Crippen LogP contribution in [0.25, 0.3) is 0 Å². The first-order valence-electron chi connectivity index (χ1n) is 9.89. The Labute approximate surface area is 175 Å². The number of amides is 5. The molecule has 9 nitrogen and oxygen atoms in total. The lowest BCUT2D eigenvalue weighted by Gasteiger charge is -2.25. The molecule has 0 unspecified atom stereocenters. The Morgan fingerprint density at radius 2 is 1.60 bits per heavy atom. The van der Waals surface area contributed by atoms with E-state index in [0.29, 0.717) is 6.42 Å².